The van der Waals surface area contributed by atoms with Gasteiger partial charge in [-0.15, -0.1) is 10.2 Å². The normalized spacial score (nSPS) is 19.0. The summed E-state index contributed by atoms with van der Waals surface area (Å²) >= 11 is 0. The third kappa shape index (κ3) is 14.7. The summed E-state index contributed by atoms with van der Waals surface area (Å²) in [5.41, 5.74) is 13.2. The molecule has 0 saturated carbocycles. The Morgan fingerprint density at radius 1 is 0.595 bits per heavy atom. The van der Waals surface area contributed by atoms with Gasteiger partial charge < -0.3 is 23.4 Å². The first kappa shape index (κ1) is 64.5. The smallest absolute Gasteiger partial charge is 0.269 e. The Balaban J connectivity index is 0.000000225. The van der Waals surface area contributed by atoms with Gasteiger partial charge in [-0.25, -0.2) is 8.78 Å². The van der Waals surface area contributed by atoms with Gasteiger partial charge >= 0.3 is 0 Å². The number of carbonyl (C=O) groups is 2. The summed E-state index contributed by atoms with van der Waals surface area (Å²) in [5, 5.41) is 15.8. The van der Waals surface area contributed by atoms with Gasteiger partial charge in [-0.05, 0) is 188 Å². The molecule has 444 valence electrons. The molecule has 4 aliphatic rings. The van der Waals surface area contributed by atoms with Gasteiger partial charge in [0, 0.05) is 42.3 Å². The van der Waals surface area contributed by atoms with E-state index < -0.39 is 29.2 Å². The number of aromatic nitrogens is 2. The number of hydrogen-bond acceptors (Lipinski definition) is 12. The number of nitrogens with zero attached hydrogens (tertiary/aromatic N) is 5. The highest BCUT2D eigenvalue weighted by atomic mass is 32.1. The van der Waals surface area contributed by atoms with Gasteiger partial charge in [-0.2, -0.15) is 32.3 Å². The molecule has 11 rings (SSSR count). The Hall–Kier alpha value is -7.11. The number of amides is 2. The number of ether oxygens (including phenoxy) is 4. The first-order valence-electron chi connectivity index (χ1n) is 28.0. The maximum atomic E-state index is 14.6. The quantitative estimate of drug-likeness (QED) is 0.111. The molecule has 6 aromatic carbocycles. The first-order chi connectivity index (χ1) is 39.2. The Morgan fingerprint density at radius 3 is 1.46 bits per heavy atom. The van der Waals surface area contributed by atoms with Crippen molar-refractivity contribution in [2.24, 2.45) is 0 Å². The molecule has 2 fully saturated rings. The predicted molar refractivity (Wildman–Crippen MR) is 330 cm³/mol. The second kappa shape index (κ2) is 27.3. The number of nitriles is 1. The van der Waals surface area contributed by atoms with E-state index in [4.69, 9.17) is 28.6 Å². The Labute approximate surface area is 506 Å². The number of hydrogen-bond donors (Lipinski definition) is 2. The number of hydrazine groups is 1. The molecule has 0 radical (unpaired) electrons. The Kier molecular flexibility index (Phi) is 20.9. The van der Waals surface area contributed by atoms with Crippen LogP contribution in [0, 0.1) is 23.0 Å². The molecule has 2 spiro atoms. The van der Waals surface area contributed by atoms with Crippen molar-refractivity contribution in [3.63, 3.8) is 0 Å². The van der Waals surface area contributed by atoms with Crippen LogP contribution in [0.2, 0.25) is 0 Å². The number of nitrogens with one attached hydrogen (secondary N) is 2. The fourth-order valence-corrected chi connectivity index (χ4v) is 11.7. The standard InChI is InChI=1S/C32H36FN3O4.C32H34FN3O3.C2H3N.2H2S/c1-21(2)40-28-13-12-25(17-27(28)33)30(38)35-34-29(37)24-11-10-23-14-15-32(18-26(23)16-24)20-39-31(3,4)36(32)19-22-8-6-5-7-9-22;1-21(2)38-28-13-12-25(17-27(28)33)30-35-34-29(39-30)24-11-10-23-14-15-32(18-26(23)16-24)20-37-31(3,4)36(32)19-22-8-6-5-7-9-22;1-2-3;;/h5-13,16-17,21H,14-15,18-20H2,1-4H3,(H,34,37)(H,35,38);5-13,16-17,21H,14-15,18-20H2,1-4H3;1H3;2*1H2/t2*32-;;;/m00.../s1. The van der Waals surface area contributed by atoms with Crippen molar-refractivity contribution in [2.75, 3.05) is 13.2 Å². The highest BCUT2D eigenvalue weighted by Crippen LogP contribution is 2.46. The monoisotopic (exact) mass is 1180 g/mol. The summed E-state index contributed by atoms with van der Waals surface area (Å²) in [5.74, 6) is -1.20. The Morgan fingerprint density at radius 2 is 1.00 bits per heavy atom. The third-order valence-electron chi connectivity index (χ3n) is 15.7. The Bertz CT molecular complexity index is 3450. The van der Waals surface area contributed by atoms with Crippen molar-refractivity contribution in [2.45, 2.75) is 149 Å². The maximum absolute atomic E-state index is 14.6. The van der Waals surface area contributed by atoms with Crippen LogP contribution in [0.3, 0.4) is 0 Å². The van der Waals surface area contributed by atoms with Gasteiger partial charge in [0.2, 0.25) is 11.8 Å². The van der Waals surface area contributed by atoms with Crippen LogP contribution >= 0.6 is 27.0 Å². The van der Waals surface area contributed by atoms with E-state index in [9.17, 15) is 18.4 Å². The molecule has 2 aliphatic carbocycles. The van der Waals surface area contributed by atoms with Crippen LogP contribution in [0.25, 0.3) is 22.9 Å². The van der Waals surface area contributed by atoms with Crippen LogP contribution in [0.15, 0.2) is 138 Å². The van der Waals surface area contributed by atoms with Crippen molar-refractivity contribution in [3.8, 4) is 40.5 Å². The summed E-state index contributed by atoms with van der Waals surface area (Å²) in [6.07, 6.45) is 5.22. The summed E-state index contributed by atoms with van der Waals surface area (Å²) in [6, 6.07) is 43.4. The molecule has 18 heteroatoms. The van der Waals surface area contributed by atoms with Crippen molar-refractivity contribution in [3.05, 3.63) is 190 Å². The van der Waals surface area contributed by atoms with E-state index in [0.29, 0.717) is 30.2 Å². The number of benzene rings is 6. The maximum Gasteiger partial charge on any atom is 0.269 e. The minimum atomic E-state index is -0.642. The van der Waals surface area contributed by atoms with Crippen molar-refractivity contribution >= 4 is 38.8 Å². The molecule has 1 aromatic heterocycles. The minimum absolute atomic E-state index is 0. The fourth-order valence-electron chi connectivity index (χ4n) is 11.7. The zero-order valence-electron chi connectivity index (χ0n) is 49.3. The molecule has 0 unspecified atom stereocenters. The van der Waals surface area contributed by atoms with E-state index in [-0.39, 0.29) is 79.0 Å². The van der Waals surface area contributed by atoms with E-state index in [0.717, 1.165) is 68.8 Å². The number of carbonyl (C=O) groups excluding carboxylic acids is 2. The lowest BCUT2D eigenvalue weighted by Crippen LogP contribution is -2.54. The lowest BCUT2D eigenvalue weighted by atomic mass is 9.76. The second-order valence-corrected chi connectivity index (χ2v) is 23.1. The summed E-state index contributed by atoms with van der Waals surface area (Å²) in [4.78, 5) is 30.5. The molecule has 84 heavy (non-hydrogen) atoms. The number of halogens is 2. The van der Waals surface area contributed by atoms with E-state index in [2.05, 4.69) is 125 Å². The third-order valence-corrected chi connectivity index (χ3v) is 15.7. The highest BCUT2D eigenvalue weighted by molar-refractivity contribution is 7.59. The van der Waals surface area contributed by atoms with Crippen LogP contribution < -0.4 is 20.3 Å². The molecule has 7 aromatic rings. The topological polar surface area (TPSA) is 164 Å². The molecule has 0 bridgehead atoms. The van der Waals surface area contributed by atoms with Crippen LogP contribution in [-0.4, -0.2) is 79.8 Å². The van der Waals surface area contributed by atoms with Gasteiger partial charge in [0.05, 0.1) is 42.6 Å². The zero-order valence-corrected chi connectivity index (χ0v) is 51.3. The van der Waals surface area contributed by atoms with Gasteiger partial charge in [-0.1, -0.05) is 72.8 Å². The summed E-state index contributed by atoms with van der Waals surface area (Å²) in [6.45, 7) is 20.2. The fraction of sp³-hybridized carbons (Fsp3) is 0.379. The first-order valence-corrected chi connectivity index (χ1v) is 28.0. The molecule has 2 saturated heterocycles. The SMILES string of the molecule is CC#N.CC(C)Oc1ccc(-c2nnc(-c3ccc4c(c3)C[C@@]3(CC4)COC(C)(C)N3Cc3ccccc3)o2)cc1F.CC(C)Oc1ccc(C(=O)NNC(=O)c2ccc3c(c2)C[C@@]2(CC3)COC(C)(C)N2Cc2ccccc2)cc1F.S.S. The van der Waals surface area contributed by atoms with E-state index >= 15 is 0 Å². The van der Waals surface area contributed by atoms with E-state index in [1.165, 1.54) is 52.9 Å². The van der Waals surface area contributed by atoms with E-state index in [1.807, 2.05) is 38.1 Å². The van der Waals surface area contributed by atoms with E-state index in [1.54, 1.807) is 38.1 Å². The molecule has 2 amide bonds. The summed E-state index contributed by atoms with van der Waals surface area (Å²) in [7, 11) is 0. The van der Waals surface area contributed by atoms with Crippen molar-refractivity contribution in [1.29, 1.82) is 5.26 Å². The zero-order chi connectivity index (χ0) is 58.4. The van der Waals surface area contributed by atoms with Gasteiger partial charge in [0.1, 0.15) is 11.4 Å². The number of fused-ring (bicyclic) bond motifs is 2. The van der Waals surface area contributed by atoms with Crippen molar-refractivity contribution in [1.82, 2.24) is 30.8 Å². The molecule has 14 nitrogen and oxygen atoms in total. The summed E-state index contributed by atoms with van der Waals surface area (Å²) < 4.78 is 58.5. The van der Waals surface area contributed by atoms with Crippen LogP contribution in [0.5, 0.6) is 11.5 Å². The average molecular weight is 1180 g/mol. The molecule has 2 atom stereocenters. The predicted octanol–water partition coefficient (Wildman–Crippen LogP) is 12.8. The molecule has 2 aliphatic heterocycles. The molecule has 2 N–H and O–H groups in total. The lowest BCUT2D eigenvalue weighted by molar-refractivity contribution is -0.0676. The van der Waals surface area contributed by atoms with Gasteiger partial charge in [0.15, 0.2) is 23.1 Å². The van der Waals surface area contributed by atoms with Crippen molar-refractivity contribution < 1.29 is 41.7 Å². The van der Waals surface area contributed by atoms with Gasteiger partial charge in [-0.3, -0.25) is 30.2 Å². The van der Waals surface area contributed by atoms with Gasteiger partial charge in [0.25, 0.3) is 11.8 Å². The van der Waals surface area contributed by atoms with Crippen LogP contribution in [0.4, 0.5) is 8.78 Å². The largest absolute Gasteiger partial charge is 0.488 e. The number of aryl methyl sites for hydroxylation is 2. The molecular weight excluding hydrogens is 1100 g/mol. The minimum Gasteiger partial charge on any atom is -0.488 e. The van der Waals surface area contributed by atoms with Crippen LogP contribution in [-0.2, 0) is 48.2 Å². The molecular formula is C66H77F2N7O7S2. The highest BCUT2D eigenvalue weighted by Gasteiger charge is 2.54. The van der Waals surface area contributed by atoms with Crippen LogP contribution in [0.1, 0.15) is 129 Å². The number of rotatable bonds is 12. The average Bonchev–Trinajstić information content (AvgIpc) is 3.21. The molecule has 3 heterocycles. The second-order valence-electron chi connectivity index (χ2n) is 23.1. The lowest BCUT2D eigenvalue weighted by Gasteiger charge is -2.45.